The van der Waals surface area contributed by atoms with Crippen molar-refractivity contribution in [3.05, 3.63) is 46.0 Å². The first-order valence-corrected chi connectivity index (χ1v) is 6.52. The summed E-state index contributed by atoms with van der Waals surface area (Å²) in [5.41, 5.74) is 8.15. The number of nitrogens with two attached hydrogens (primary N) is 1. The van der Waals surface area contributed by atoms with Crippen molar-refractivity contribution in [1.82, 2.24) is 9.55 Å². The van der Waals surface area contributed by atoms with Crippen molar-refractivity contribution in [1.29, 1.82) is 0 Å². The Labute approximate surface area is 118 Å². The van der Waals surface area contributed by atoms with Crippen molar-refractivity contribution < 1.29 is 4.74 Å². The fourth-order valence-corrected chi connectivity index (χ4v) is 1.95. The Kier molecular flexibility index (Phi) is 3.79. The zero-order valence-electron chi connectivity index (χ0n) is 12.2. The molecule has 1 aromatic carbocycles. The summed E-state index contributed by atoms with van der Waals surface area (Å²) in [5, 5.41) is 0. The number of nitrogen functional groups attached to an aromatic ring is 1. The lowest BCUT2D eigenvalue weighted by Crippen LogP contribution is -2.23. The highest BCUT2D eigenvalue weighted by Gasteiger charge is 2.11. The summed E-state index contributed by atoms with van der Waals surface area (Å²) in [5.74, 6) is 0.617. The van der Waals surface area contributed by atoms with Crippen molar-refractivity contribution >= 4 is 5.69 Å². The van der Waals surface area contributed by atoms with Gasteiger partial charge in [-0.25, -0.2) is 4.98 Å². The van der Waals surface area contributed by atoms with E-state index in [9.17, 15) is 4.79 Å². The van der Waals surface area contributed by atoms with Gasteiger partial charge in [0.1, 0.15) is 5.75 Å². The van der Waals surface area contributed by atoms with Crippen molar-refractivity contribution in [2.45, 2.75) is 33.7 Å². The number of nitrogens with zero attached hydrogens (tertiary/aromatic N) is 2. The molecule has 5 heteroatoms. The molecule has 0 saturated carbocycles. The maximum Gasteiger partial charge on any atom is 0.313 e. The second kappa shape index (κ2) is 5.36. The minimum Gasteiger partial charge on any atom is -0.434 e. The van der Waals surface area contributed by atoms with Crippen molar-refractivity contribution in [3.63, 3.8) is 0 Å². The summed E-state index contributed by atoms with van der Waals surface area (Å²) in [7, 11) is 0. The van der Waals surface area contributed by atoms with E-state index in [1.807, 2.05) is 33.8 Å². The third kappa shape index (κ3) is 2.66. The molecule has 0 radical (unpaired) electrons. The van der Waals surface area contributed by atoms with Crippen LogP contribution in [0.1, 0.15) is 31.0 Å². The lowest BCUT2D eigenvalue weighted by atomic mass is 10.1. The minimum atomic E-state index is -0.249. The predicted octanol–water partition coefficient (Wildman–Crippen LogP) is 2.82. The fourth-order valence-electron chi connectivity index (χ4n) is 1.95. The molecule has 0 saturated heterocycles. The lowest BCUT2D eigenvalue weighted by Gasteiger charge is -2.13. The molecule has 2 rings (SSSR count). The molecule has 20 heavy (non-hydrogen) atoms. The zero-order valence-corrected chi connectivity index (χ0v) is 12.2. The van der Waals surface area contributed by atoms with Crippen molar-refractivity contribution in [2.75, 3.05) is 5.73 Å². The molecule has 0 aliphatic heterocycles. The van der Waals surface area contributed by atoms with Crippen LogP contribution in [0.25, 0.3) is 0 Å². The van der Waals surface area contributed by atoms with Crippen molar-refractivity contribution in [2.24, 2.45) is 0 Å². The first-order valence-electron chi connectivity index (χ1n) is 6.52. The molecule has 5 nitrogen and oxygen atoms in total. The maximum atomic E-state index is 12.2. The molecule has 2 aromatic rings. The van der Waals surface area contributed by atoms with Gasteiger partial charge in [0.15, 0.2) is 0 Å². The molecule has 0 spiro atoms. The molecule has 2 N–H and O–H groups in total. The van der Waals surface area contributed by atoms with Gasteiger partial charge in [0, 0.05) is 30.2 Å². The average Bonchev–Trinajstić information content (AvgIpc) is 2.37. The Balaban J connectivity index is 2.43. The van der Waals surface area contributed by atoms with Crippen LogP contribution in [0.15, 0.2) is 29.3 Å². The van der Waals surface area contributed by atoms with E-state index < -0.39 is 0 Å². The van der Waals surface area contributed by atoms with Gasteiger partial charge >= 0.3 is 5.56 Å². The monoisotopic (exact) mass is 273 g/mol. The highest BCUT2D eigenvalue weighted by Crippen LogP contribution is 2.27. The van der Waals surface area contributed by atoms with Crippen LogP contribution in [-0.4, -0.2) is 9.55 Å². The number of aryl methyl sites for hydroxylation is 2. The van der Waals surface area contributed by atoms with Gasteiger partial charge in [-0.05, 0) is 38.8 Å². The molecule has 0 unspecified atom stereocenters. The molecular weight excluding hydrogens is 254 g/mol. The average molecular weight is 273 g/mol. The van der Waals surface area contributed by atoms with E-state index in [1.165, 1.54) is 0 Å². The molecular formula is C15H19N3O2. The van der Waals surface area contributed by atoms with E-state index in [0.717, 1.165) is 11.1 Å². The second-order valence-electron chi connectivity index (χ2n) is 5.11. The van der Waals surface area contributed by atoms with Gasteiger partial charge in [-0.15, -0.1) is 0 Å². The van der Waals surface area contributed by atoms with Crippen LogP contribution in [0.3, 0.4) is 0 Å². The van der Waals surface area contributed by atoms with E-state index in [0.29, 0.717) is 11.4 Å². The Morgan fingerprint density at radius 2 is 1.95 bits per heavy atom. The Bertz CT molecular complexity index is 690. The Morgan fingerprint density at radius 3 is 2.60 bits per heavy atom. The highest BCUT2D eigenvalue weighted by atomic mass is 16.5. The topological polar surface area (TPSA) is 70.1 Å². The third-order valence-corrected chi connectivity index (χ3v) is 3.16. The first-order chi connectivity index (χ1) is 9.40. The molecule has 0 atom stereocenters. The van der Waals surface area contributed by atoms with Gasteiger partial charge in [0.2, 0.25) is 0 Å². The largest absolute Gasteiger partial charge is 0.434 e. The van der Waals surface area contributed by atoms with Crippen molar-refractivity contribution in [3.8, 4) is 11.6 Å². The number of hydrogen-bond donors (Lipinski definition) is 1. The van der Waals surface area contributed by atoms with E-state index in [4.69, 9.17) is 10.5 Å². The first kappa shape index (κ1) is 14.1. The Morgan fingerprint density at radius 1 is 1.25 bits per heavy atom. The van der Waals surface area contributed by atoms with E-state index in [2.05, 4.69) is 4.98 Å². The number of aromatic nitrogens is 2. The number of ether oxygens (including phenoxy) is 1. The van der Waals surface area contributed by atoms with Crippen LogP contribution in [0.2, 0.25) is 0 Å². The molecule has 0 bridgehead atoms. The Hall–Kier alpha value is -2.30. The molecule has 1 heterocycles. The summed E-state index contributed by atoms with van der Waals surface area (Å²) in [6.07, 6.45) is 3.21. The summed E-state index contributed by atoms with van der Waals surface area (Å²) in [6.45, 7) is 7.70. The van der Waals surface area contributed by atoms with Crippen LogP contribution >= 0.6 is 0 Å². The summed E-state index contributed by atoms with van der Waals surface area (Å²) in [6, 6.07) is 3.70. The van der Waals surface area contributed by atoms with Gasteiger partial charge < -0.3 is 15.0 Å². The predicted molar refractivity (Wildman–Crippen MR) is 79.3 cm³/mol. The molecule has 1 aromatic heterocycles. The molecule has 0 aliphatic carbocycles. The molecule has 0 aliphatic rings. The van der Waals surface area contributed by atoms with E-state index in [-0.39, 0.29) is 17.5 Å². The zero-order chi connectivity index (χ0) is 14.9. The maximum absolute atomic E-state index is 12.2. The van der Waals surface area contributed by atoms with Crippen LogP contribution in [0.5, 0.6) is 11.6 Å². The standard InChI is InChI=1S/C15H19N3O2/c1-9(2)18-6-5-17-14(15(18)19)20-13-8-12(16)10(3)7-11(13)4/h5-9H,16H2,1-4H3. The van der Waals surface area contributed by atoms with Crippen LogP contribution < -0.4 is 16.0 Å². The van der Waals surface area contributed by atoms with E-state index >= 15 is 0 Å². The summed E-state index contributed by atoms with van der Waals surface area (Å²) < 4.78 is 7.22. The van der Waals surface area contributed by atoms with Crippen LogP contribution in [0.4, 0.5) is 5.69 Å². The van der Waals surface area contributed by atoms with Crippen LogP contribution in [-0.2, 0) is 0 Å². The smallest absolute Gasteiger partial charge is 0.313 e. The summed E-state index contributed by atoms with van der Waals surface area (Å²) >= 11 is 0. The van der Waals surface area contributed by atoms with Gasteiger partial charge in [-0.1, -0.05) is 6.07 Å². The lowest BCUT2D eigenvalue weighted by molar-refractivity contribution is 0.434. The quantitative estimate of drug-likeness (QED) is 0.873. The molecule has 0 fully saturated rings. The molecule has 0 amide bonds. The number of anilines is 1. The summed E-state index contributed by atoms with van der Waals surface area (Å²) in [4.78, 5) is 16.2. The number of benzene rings is 1. The third-order valence-electron chi connectivity index (χ3n) is 3.16. The number of hydrogen-bond acceptors (Lipinski definition) is 4. The highest BCUT2D eigenvalue weighted by molar-refractivity contribution is 5.54. The SMILES string of the molecule is Cc1cc(C)c(Oc2nccn(C(C)C)c2=O)cc1N. The van der Waals surface area contributed by atoms with Gasteiger partial charge in [0.25, 0.3) is 5.88 Å². The van der Waals surface area contributed by atoms with Gasteiger partial charge in [-0.2, -0.15) is 0 Å². The second-order valence-corrected chi connectivity index (χ2v) is 5.11. The van der Waals surface area contributed by atoms with Crippen LogP contribution in [0, 0.1) is 13.8 Å². The minimum absolute atomic E-state index is 0.0528. The number of rotatable bonds is 3. The van der Waals surface area contributed by atoms with Gasteiger partial charge in [0.05, 0.1) is 0 Å². The molecule has 106 valence electrons. The van der Waals surface area contributed by atoms with Gasteiger partial charge in [-0.3, -0.25) is 4.79 Å². The van der Waals surface area contributed by atoms with E-state index in [1.54, 1.807) is 23.0 Å². The normalized spacial score (nSPS) is 10.8. The fraction of sp³-hybridized carbons (Fsp3) is 0.333.